The smallest absolute Gasteiger partial charge is 0.256 e. The third kappa shape index (κ3) is 3.33. The molecule has 0 radical (unpaired) electrons. The minimum Gasteiger partial charge on any atom is -0.464 e. The molecular weight excluding hydrogens is 340 g/mol. The molecular formula is C21H20N4O2. The summed E-state index contributed by atoms with van der Waals surface area (Å²) in [4.78, 5) is 16.8. The topological polar surface area (TPSA) is 72.4 Å². The molecule has 0 aliphatic carbocycles. The second-order valence-corrected chi connectivity index (χ2v) is 6.50. The van der Waals surface area contributed by atoms with E-state index in [1.54, 1.807) is 23.2 Å². The minimum atomic E-state index is -0.159. The van der Waals surface area contributed by atoms with E-state index in [2.05, 4.69) is 34.5 Å². The van der Waals surface area contributed by atoms with E-state index < -0.39 is 0 Å². The molecule has 0 unspecified atom stereocenters. The highest BCUT2D eigenvalue weighted by atomic mass is 16.3. The lowest BCUT2D eigenvalue weighted by Crippen LogP contribution is -2.25. The van der Waals surface area contributed by atoms with Gasteiger partial charge in [-0.15, -0.1) is 0 Å². The molecule has 0 spiro atoms. The third-order valence-corrected chi connectivity index (χ3v) is 4.66. The van der Waals surface area contributed by atoms with Gasteiger partial charge in [-0.05, 0) is 55.7 Å². The molecule has 6 nitrogen and oxygen atoms in total. The average molecular weight is 360 g/mol. The van der Waals surface area contributed by atoms with Crippen LogP contribution >= 0.6 is 0 Å². The van der Waals surface area contributed by atoms with Crippen LogP contribution in [0.2, 0.25) is 0 Å². The Balaban J connectivity index is 1.42. The number of carbonyl (C=O) groups excluding carboxylic acids is 1. The molecule has 1 amide bonds. The summed E-state index contributed by atoms with van der Waals surface area (Å²) in [5.41, 5.74) is 5.42. The normalized spacial score (nSPS) is 11.0. The molecule has 3 aromatic heterocycles. The Morgan fingerprint density at radius 1 is 1.22 bits per heavy atom. The van der Waals surface area contributed by atoms with Crippen LogP contribution in [0, 0.1) is 13.8 Å². The summed E-state index contributed by atoms with van der Waals surface area (Å²) in [5, 5.41) is 7.20. The van der Waals surface area contributed by atoms with Gasteiger partial charge in [-0.3, -0.25) is 4.79 Å². The molecule has 27 heavy (non-hydrogen) atoms. The zero-order valence-corrected chi connectivity index (χ0v) is 15.3. The van der Waals surface area contributed by atoms with Crippen molar-refractivity contribution in [3.8, 4) is 11.3 Å². The van der Waals surface area contributed by atoms with Crippen molar-refractivity contribution in [1.82, 2.24) is 19.9 Å². The van der Waals surface area contributed by atoms with Crippen molar-refractivity contribution in [2.24, 2.45) is 0 Å². The monoisotopic (exact) mass is 360 g/mol. The lowest BCUT2D eigenvalue weighted by Gasteiger charge is -2.09. The first-order chi connectivity index (χ1) is 13.1. The highest BCUT2D eigenvalue weighted by molar-refractivity contribution is 5.99. The number of aryl methyl sites for hydroxylation is 2. The molecule has 3 heterocycles. The van der Waals surface area contributed by atoms with Gasteiger partial charge in [-0.1, -0.05) is 12.1 Å². The Kier molecular flexibility index (Phi) is 4.46. The summed E-state index contributed by atoms with van der Waals surface area (Å²) < 4.78 is 7.11. The number of nitrogens with one attached hydrogen (secondary N) is 1. The van der Waals surface area contributed by atoms with Crippen molar-refractivity contribution < 1.29 is 9.21 Å². The largest absolute Gasteiger partial charge is 0.464 e. The van der Waals surface area contributed by atoms with Crippen molar-refractivity contribution in [2.75, 3.05) is 6.54 Å². The highest BCUT2D eigenvalue weighted by Crippen LogP contribution is 2.22. The molecule has 1 N–H and O–H groups in total. The summed E-state index contributed by atoms with van der Waals surface area (Å²) in [7, 11) is 0. The molecule has 4 aromatic rings. The quantitative estimate of drug-likeness (QED) is 0.590. The number of fused-ring (bicyclic) bond motifs is 1. The third-order valence-electron chi connectivity index (χ3n) is 4.66. The SMILES string of the molecule is Cc1cc(-c2ccco2)ccc1CCNC(=O)c1cnn2c(C)ccnc12. The number of hydrogen-bond acceptors (Lipinski definition) is 4. The lowest BCUT2D eigenvalue weighted by molar-refractivity contribution is 0.0955. The zero-order valence-electron chi connectivity index (χ0n) is 15.3. The summed E-state index contributed by atoms with van der Waals surface area (Å²) in [6.07, 6.45) is 5.67. The molecule has 136 valence electrons. The predicted molar refractivity (Wildman–Crippen MR) is 103 cm³/mol. The van der Waals surface area contributed by atoms with E-state index in [9.17, 15) is 4.79 Å². The number of carbonyl (C=O) groups is 1. The van der Waals surface area contributed by atoms with Crippen LogP contribution < -0.4 is 5.32 Å². The van der Waals surface area contributed by atoms with Crippen LogP contribution in [0.4, 0.5) is 0 Å². The van der Waals surface area contributed by atoms with Crippen molar-refractivity contribution >= 4 is 11.6 Å². The van der Waals surface area contributed by atoms with E-state index in [0.29, 0.717) is 17.8 Å². The van der Waals surface area contributed by atoms with Gasteiger partial charge < -0.3 is 9.73 Å². The van der Waals surface area contributed by atoms with Gasteiger partial charge in [0.2, 0.25) is 0 Å². The fourth-order valence-corrected chi connectivity index (χ4v) is 3.15. The molecule has 0 atom stereocenters. The lowest BCUT2D eigenvalue weighted by atomic mass is 10.0. The average Bonchev–Trinajstić information content (AvgIpc) is 3.33. The van der Waals surface area contributed by atoms with Crippen LogP contribution in [-0.2, 0) is 6.42 Å². The molecule has 4 rings (SSSR count). The van der Waals surface area contributed by atoms with Crippen LogP contribution in [0.3, 0.4) is 0 Å². The van der Waals surface area contributed by atoms with Crippen LogP contribution in [0.1, 0.15) is 27.2 Å². The molecule has 0 fully saturated rings. The van der Waals surface area contributed by atoms with E-state index in [0.717, 1.165) is 23.4 Å². The van der Waals surface area contributed by atoms with E-state index in [-0.39, 0.29) is 5.91 Å². The Morgan fingerprint density at radius 2 is 2.11 bits per heavy atom. The first-order valence-corrected chi connectivity index (χ1v) is 8.84. The van der Waals surface area contributed by atoms with E-state index >= 15 is 0 Å². The van der Waals surface area contributed by atoms with Gasteiger partial charge in [0.15, 0.2) is 5.65 Å². The minimum absolute atomic E-state index is 0.159. The molecule has 0 saturated carbocycles. The maximum atomic E-state index is 12.5. The molecule has 0 saturated heterocycles. The van der Waals surface area contributed by atoms with Crippen molar-refractivity contribution in [3.05, 3.63) is 77.4 Å². The molecule has 1 aromatic carbocycles. The van der Waals surface area contributed by atoms with Crippen LogP contribution in [0.5, 0.6) is 0 Å². The van der Waals surface area contributed by atoms with Crippen LogP contribution in [0.25, 0.3) is 17.0 Å². The van der Waals surface area contributed by atoms with E-state index in [1.165, 1.54) is 11.1 Å². The van der Waals surface area contributed by atoms with Crippen LogP contribution in [0.15, 0.2) is 59.5 Å². The Bertz CT molecular complexity index is 1100. The first-order valence-electron chi connectivity index (χ1n) is 8.84. The summed E-state index contributed by atoms with van der Waals surface area (Å²) >= 11 is 0. The fraction of sp³-hybridized carbons (Fsp3) is 0.190. The van der Waals surface area contributed by atoms with E-state index in [4.69, 9.17) is 4.42 Å². The predicted octanol–water partition coefficient (Wildman–Crippen LogP) is 3.58. The van der Waals surface area contributed by atoms with Crippen molar-refractivity contribution in [2.45, 2.75) is 20.3 Å². The van der Waals surface area contributed by atoms with Gasteiger partial charge in [0, 0.05) is 24.0 Å². The molecule has 0 aliphatic rings. The second-order valence-electron chi connectivity index (χ2n) is 6.50. The number of benzene rings is 1. The maximum Gasteiger partial charge on any atom is 0.256 e. The molecule has 0 aliphatic heterocycles. The van der Waals surface area contributed by atoms with Gasteiger partial charge >= 0.3 is 0 Å². The van der Waals surface area contributed by atoms with E-state index in [1.807, 2.05) is 31.2 Å². The standard InChI is InChI=1S/C21H20N4O2/c1-14-12-17(19-4-3-11-27-19)6-5-16(14)8-10-23-21(26)18-13-24-25-15(2)7-9-22-20(18)25/h3-7,9,11-13H,8,10H2,1-2H3,(H,23,26). The second kappa shape index (κ2) is 7.07. The number of furan rings is 1. The molecule has 6 heteroatoms. The molecule has 0 bridgehead atoms. The van der Waals surface area contributed by atoms with Gasteiger partial charge in [0.25, 0.3) is 5.91 Å². The van der Waals surface area contributed by atoms with Gasteiger partial charge in [0.1, 0.15) is 11.3 Å². The van der Waals surface area contributed by atoms with Gasteiger partial charge in [-0.25, -0.2) is 9.50 Å². The Hall–Kier alpha value is -3.41. The number of nitrogens with zero attached hydrogens (tertiary/aromatic N) is 3. The zero-order chi connectivity index (χ0) is 18.8. The van der Waals surface area contributed by atoms with Crippen molar-refractivity contribution in [1.29, 1.82) is 0 Å². The highest BCUT2D eigenvalue weighted by Gasteiger charge is 2.14. The van der Waals surface area contributed by atoms with Crippen LogP contribution in [-0.4, -0.2) is 27.0 Å². The summed E-state index contributed by atoms with van der Waals surface area (Å²) in [6.45, 7) is 4.54. The number of rotatable bonds is 5. The van der Waals surface area contributed by atoms with Gasteiger partial charge in [-0.2, -0.15) is 5.10 Å². The summed E-state index contributed by atoms with van der Waals surface area (Å²) in [6, 6.07) is 11.9. The number of hydrogen-bond donors (Lipinski definition) is 1. The first kappa shape index (κ1) is 17.0. The Morgan fingerprint density at radius 3 is 2.89 bits per heavy atom. The van der Waals surface area contributed by atoms with Crippen molar-refractivity contribution in [3.63, 3.8) is 0 Å². The Labute approximate surface area is 156 Å². The van der Waals surface area contributed by atoms with Gasteiger partial charge in [0.05, 0.1) is 12.5 Å². The maximum absolute atomic E-state index is 12.5. The fourth-order valence-electron chi connectivity index (χ4n) is 3.15. The number of aromatic nitrogens is 3. The number of amides is 1. The summed E-state index contributed by atoms with van der Waals surface area (Å²) in [5.74, 6) is 0.696.